The maximum atomic E-state index is 10.6. The summed E-state index contributed by atoms with van der Waals surface area (Å²) in [5.74, 6) is -0.258. The zero-order chi connectivity index (χ0) is 11.4. The molecule has 0 fully saturated rings. The van der Waals surface area contributed by atoms with Crippen LogP contribution in [-0.2, 0) is 4.79 Å². The van der Waals surface area contributed by atoms with E-state index in [1.807, 2.05) is 25.1 Å². The van der Waals surface area contributed by atoms with E-state index in [1.54, 1.807) is 14.0 Å². The van der Waals surface area contributed by atoms with Crippen LogP contribution >= 0.6 is 0 Å². The number of aliphatic carboxylic acids is 1. The first-order valence-electron chi connectivity index (χ1n) is 4.61. The SMILES string of the molecule is COc1ccc(C)cc1C(C)=CC(=O)O. The second-order valence-corrected chi connectivity index (χ2v) is 3.37. The number of hydrogen-bond donors (Lipinski definition) is 1. The van der Waals surface area contributed by atoms with Gasteiger partial charge in [0.2, 0.25) is 0 Å². The van der Waals surface area contributed by atoms with Crippen molar-refractivity contribution in [2.24, 2.45) is 0 Å². The smallest absolute Gasteiger partial charge is 0.328 e. The molecule has 0 saturated carbocycles. The minimum Gasteiger partial charge on any atom is -0.496 e. The predicted octanol–water partition coefficient (Wildman–Crippen LogP) is 2.49. The number of carboxylic acid groups (broad SMARTS) is 1. The molecule has 80 valence electrons. The average Bonchev–Trinajstić information content (AvgIpc) is 2.16. The Kier molecular flexibility index (Phi) is 3.50. The molecule has 0 radical (unpaired) electrons. The Bertz CT molecular complexity index is 405. The van der Waals surface area contributed by atoms with Gasteiger partial charge >= 0.3 is 5.97 Å². The Hall–Kier alpha value is -1.77. The van der Waals surface area contributed by atoms with Gasteiger partial charge in [0.1, 0.15) is 5.75 Å². The molecule has 0 aliphatic heterocycles. The van der Waals surface area contributed by atoms with E-state index in [0.29, 0.717) is 11.3 Å². The van der Waals surface area contributed by atoms with E-state index in [0.717, 1.165) is 11.1 Å². The van der Waals surface area contributed by atoms with Gasteiger partial charge in [-0.1, -0.05) is 11.6 Å². The van der Waals surface area contributed by atoms with Crippen LogP contribution in [-0.4, -0.2) is 18.2 Å². The number of rotatable bonds is 3. The molecule has 0 amide bonds. The quantitative estimate of drug-likeness (QED) is 0.773. The number of carboxylic acids is 1. The first kappa shape index (κ1) is 11.3. The topological polar surface area (TPSA) is 46.5 Å². The van der Waals surface area contributed by atoms with Crippen LogP contribution in [0.25, 0.3) is 5.57 Å². The van der Waals surface area contributed by atoms with Gasteiger partial charge < -0.3 is 9.84 Å². The van der Waals surface area contributed by atoms with Crippen LogP contribution in [0.5, 0.6) is 5.75 Å². The first-order valence-corrected chi connectivity index (χ1v) is 4.61. The van der Waals surface area contributed by atoms with Crippen molar-refractivity contribution in [1.82, 2.24) is 0 Å². The molecule has 0 bridgehead atoms. The van der Waals surface area contributed by atoms with E-state index in [-0.39, 0.29) is 0 Å². The number of aryl methyl sites for hydroxylation is 1. The number of hydrogen-bond acceptors (Lipinski definition) is 2. The van der Waals surface area contributed by atoms with Crippen LogP contribution in [0.3, 0.4) is 0 Å². The number of methoxy groups -OCH3 is 1. The van der Waals surface area contributed by atoms with Crippen LogP contribution in [0.1, 0.15) is 18.1 Å². The highest BCUT2D eigenvalue weighted by atomic mass is 16.5. The van der Waals surface area contributed by atoms with Gasteiger partial charge in [-0.15, -0.1) is 0 Å². The second-order valence-electron chi connectivity index (χ2n) is 3.37. The summed E-state index contributed by atoms with van der Waals surface area (Å²) in [6.45, 7) is 3.71. The lowest BCUT2D eigenvalue weighted by atomic mass is 10.0. The van der Waals surface area contributed by atoms with Gasteiger partial charge in [0.05, 0.1) is 7.11 Å². The fourth-order valence-corrected chi connectivity index (χ4v) is 1.39. The van der Waals surface area contributed by atoms with Crippen molar-refractivity contribution in [3.63, 3.8) is 0 Å². The van der Waals surface area contributed by atoms with Gasteiger partial charge in [0.25, 0.3) is 0 Å². The fraction of sp³-hybridized carbons (Fsp3) is 0.250. The predicted molar refractivity (Wildman–Crippen MR) is 59.0 cm³/mol. The minimum atomic E-state index is -0.948. The number of benzene rings is 1. The summed E-state index contributed by atoms with van der Waals surface area (Å²) in [5.41, 5.74) is 2.58. The van der Waals surface area contributed by atoms with Crippen LogP contribution < -0.4 is 4.74 Å². The highest BCUT2D eigenvalue weighted by Gasteiger charge is 2.06. The summed E-state index contributed by atoms with van der Waals surface area (Å²) < 4.78 is 5.17. The lowest BCUT2D eigenvalue weighted by molar-refractivity contribution is -0.131. The van der Waals surface area contributed by atoms with Crippen molar-refractivity contribution in [2.45, 2.75) is 13.8 Å². The van der Waals surface area contributed by atoms with Gasteiger partial charge in [0.15, 0.2) is 0 Å². The maximum absolute atomic E-state index is 10.6. The summed E-state index contributed by atoms with van der Waals surface area (Å²) in [5, 5.41) is 8.66. The number of carbonyl (C=O) groups is 1. The maximum Gasteiger partial charge on any atom is 0.328 e. The first-order chi connectivity index (χ1) is 7.04. The van der Waals surface area contributed by atoms with Crippen molar-refractivity contribution < 1.29 is 14.6 Å². The molecule has 0 saturated heterocycles. The van der Waals surface area contributed by atoms with Crippen molar-refractivity contribution in [3.8, 4) is 5.75 Å². The Balaban J connectivity index is 3.22. The van der Waals surface area contributed by atoms with Gasteiger partial charge in [-0.2, -0.15) is 0 Å². The standard InChI is InChI=1S/C12H14O3/c1-8-4-5-11(15-3)10(6-8)9(2)7-12(13)14/h4-7H,1-3H3,(H,13,14). The Labute approximate surface area is 89.0 Å². The average molecular weight is 206 g/mol. The van der Waals surface area contributed by atoms with E-state index in [1.165, 1.54) is 6.08 Å². The molecule has 0 atom stereocenters. The molecule has 1 aromatic carbocycles. The molecule has 0 aliphatic rings. The van der Waals surface area contributed by atoms with Crippen LogP contribution in [0, 0.1) is 6.92 Å². The molecule has 1 N–H and O–H groups in total. The molecule has 3 heteroatoms. The third kappa shape index (κ3) is 2.84. The molecule has 15 heavy (non-hydrogen) atoms. The van der Waals surface area contributed by atoms with Gasteiger partial charge in [-0.3, -0.25) is 0 Å². The fourth-order valence-electron chi connectivity index (χ4n) is 1.39. The van der Waals surface area contributed by atoms with Crippen molar-refractivity contribution >= 4 is 11.5 Å². The highest BCUT2D eigenvalue weighted by Crippen LogP contribution is 2.26. The number of ether oxygens (including phenoxy) is 1. The zero-order valence-electron chi connectivity index (χ0n) is 9.07. The van der Waals surface area contributed by atoms with Crippen molar-refractivity contribution in [2.75, 3.05) is 7.11 Å². The third-order valence-electron chi connectivity index (χ3n) is 2.12. The molecular weight excluding hydrogens is 192 g/mol. The lowest BCUT2D eigenvalue weighted by Crippen LogP contribution is -1.94. The molecule has 0 spiro atoms. The van der Waals surface area contributed by atoms with E-state index in [4.69, 9.17) is 9.84 Å². The molecule has 0 aromatic heterocycles. The van der Waals surface area contributed by atoms with Gasteiger partial charge in [0, 0.05) is 11.6 Å². The Morgan fingerprint density at radius 1 is 1.47 bits per heavy atom. The molecule has 0 aliphatic carbocycles. The van der Waals surface area contributed by atoms with Gasteiger partial charge in [-0.25, -0.2) is 4.79 Å². The molecule has 0 unspecified atom stereocenters. The van der Waals surface area contributed by atoms with E-state index in [9.17, 15) is 4.79 Å². The lowest BCUT2D eigenvalue weighted by Gasteiger charge is -2.09. The summed E-state index contributed by atoms with van der Waals surface area (Å²) in [7, 11) is 1.57. The summed E-state index contributed by atoms with van der Waals surface area (Å²) in [6.07, 6.45) is 1.18. The van der Waals surface area contributed by atoms with Crippen molar-refractivity contribution in [3.05, 3.63) is 35.4 Å². The Morgan fingerprint density at radius 2 is 2.13 bits per heavy atom. The monoisotopic (exact) mass is 206 g/mol. The Morgan fingerprint density at radius 3 is 2.67 bits per heavy atom. The normalized spacial score (nSPS) is 11.3. The van der Waals surface area contributed by atoms with E-state index < -0.39 is 5.97 Å². The van der Waals surface area contributed by atoms with Crippen molar-refractivity contribution in [1.29, 1.82) is 0 Å². The summed E-state index contributed by atoms with van der Waals surface area (Å²) in [6, 6.07) is 5.67. The second kappa shape index (κ2) is 4.64. The zero-order valence-corrected chi connectivity index (χ0v) is 9.07. The molecule has 3 nitrogen and oxygen atoms in total. The number of allylic oxidation sites excluding steroid dienone is 1. The van der Waals surface area contributed by atoms with Crippen LogP contribution in [0.2, 0.25) is 0 Å². The van der Waals surface area contributed by atoms with Crippen LogP contribution in [0.15, 0.2) is 24.3 Å². The minimum absolute atomic E-state index is 0.683. The molecular formula is C12H14O3. The molecule has 1 rings (SSSR count). The summed E-state index contributed by atoms with van der Waals surface area (Å²) in [4.78, 5) is 10.6. The molecule has 1 aromatic rings. The third-order valence-corrected chi connectivity index (χ3v) is 2.12. The van der Waals surface area contributed by atoms with E-state index in [2.05, 4.69) is 0 Å². The highest BCUT2D eigenvalue weighted by molar-refractivity contribution is 5.90. The molecule has 0 heterocycles. The van der Waals surface area contributed by atoms with Crippen LogP contribution in [0.4, 0.5) is 0 Å². The summed E-state index contributed by atoms with van der Waals surface area (Å²) >= 11 is 0. The van der Waals surface area contributed by atoms with E-state index >= 15 is 0 Å². The largest absolute Gasteiger partial charge is 0.496 e. The van der Waals surface area contributed by atoms with Gasteiger partial charge in [-0.05, 0) is 31.6 Å².